The van der Waals surface area contributed by atoms with Gasteiger partial charge in [0.1, 0.15) is 18.4 Å². The SMILES string of the molecule is Cc1ccc(C(=O)ON=C(Cn2cncn2)c2ccc(Cl)cc2)cc1. The Bertz CT molecular complexity index is 872. The number of nitrogens with zero attached hydrogens (tertiary/aromatic N) is 4. The molecule has 6 nitrogen and oxygen atoms in total. The van der Waals surface area contributed by atoms with Crippen molar-refractivity contribution in [2.75, 3.05) is 0 Å². The second kappa shape index (κ2) is 7.72. The molecule has 0 radical (unpaired) electrons. The van der Waals surface area contributed by atoms with Gasteiger partial charge in [0.05, 0.1) is 12.1 Å². The third-order valence-electron chi connectivity index (χ3n) is 3.48. The lowest BCUT2D eigenvalue weighted by atomic mass is 10.1. The summed E-state index contributed by atoms with van der Waals surface area (Å²) in [6.45, 7) is 2.26. The van der Waals surface area contributed by atoms with E-state index in [2.05, 4.69) is 15.2 Å². The Labute approximate surface area is 149 Å². The lowest BCUT2D eigenvalue weighted by Gasteiger charge is -2.07. The van der Waals surface area contributed by atoms with E-state index < -0.39 is 5.97 Å². The molecule has 0 spiro atoms. The predicted octanol–water partition coefficient (Wildman–Crippen LogP) is 3.50. The maximum Gasteiger partial charge on any atom is 0.365 e. The molecule has 0 saturated heterocycles. The number of halogens is 1. The highest BCUT2D eigenvalue weighted by Gasteiger charge is 2.11. The summed E-state index contributed by atoms with van der Waals surface area (Å²) in [6.07, 6.45) is 2.99. The molecule has 0 saturated carbocycles. The summed E-state index contributed by atoms with van der Waals surface area (Å²) in [4.78, 5) is 21.2. The van der Waals surface area contributed by atoms with Crippen molar-refractivity contribution in [3.05, 3.63) is 82.9 Å². The summed E-state index contributed by atoms with van der Waals surface area (Å²) in [5, 5.41) is 8.70. The van der Waals surface area contributed by atoms with E-state index in [4.69, 9.17) is 16.4 Å². The average molecular weight is 355 g/mol. The number of benzene rings is 2. The fraction of sp³-hybridized carbons (Fsp3) is 0.111. The molecule has 0 atom stereocenters. The minimum Gasteiger partial charge on any atom is -0.312 e. The Kier molecular flexibility index (Phi) is 5.20. The Morgan fingerprint density at radius 3 is 2.44 bits per heavy atom. The van der Waals surface area contributed by atoms with Crippen molar-refractivity contribution in [1.29, 1.82) is 0 Å². The maximum absolute atomic E-state index is 12.2. The van der Waals surface area contributed by atoms with Gasteiger partial charge in [-0.05, 0) is 31.2 Å². The largest absolute Gasteiger partial charge is 0.365 e. The van der Waals surface area contributed by atoms with E-state index in [1.54, 1.807) is 47.4 Å². The lowest BCUT2D eigenvalue weighted by molar-refractivity contribution is 0.0515. The van der Waals surface area contributed by atoms with Crippen molar-refractivity contribution in [3.63, 3.8) is 0 Å². The van der Waals surface area contributed by atoms with Gasteiger partial charge < -0.3 is 4.84 Å². The van der Waals surface area contributed by atoms with E-state index in [0.717, 1.165) is 11.1 Å². The van der Waals surface area contributed by atoms with Crippen LogP contribution in [0.2, 0.25) is 5.02 Å². The van der Waals surface area contributed by atoms with Crippen molar-refractivity contribution in [2.45, 2.75) is 13.5 Å². The van der Waals surface area contributed by atoms with Gasteiger partial charge in [-0.15, -0.1) is 0 Å². The molecule has 1 aromatic heterocycles. The Morgan fingerprint density at radius 1 is 1.12 bits per heavy atom. The number of carbonyl (C=O) groups excluding carboxylic acids is 1. The average Bonchev–Trinajstić information content (AvgIpc) is 3.13. The molecule has 1 heterocycles. The maximum atomic E-state index is 12.2. The van der Waals surface area contributed by atoms with Gasteiger partial charge in [-0.2, -0.15) is 5.10 Å². The fourth-order valence-electron chi connectivity index (χ4n) is 2.12. The Morgan fingerprint density at radius 2 is 1.80 bits per heavy atom. The van der Waals surface area contributed by atoms with E-state index in [-0.39, 0.29) is 0 Å². The summed E-state index contributed by atoms with van der Waals surface area (Å²) < 4.78 is 1.59. The van der Waals surface area contributed by atoms with Crippen LogP contribution in [0.3, 0.4) is 0 Å². The monoisotopic (exact) mass is 354 g/mol. The number of aromatic nitrogens is 3. The first-order valence-corrected chi connectivity index (χ1v) is 7.93. The first-order valence-electron chi connectivity index (χ1n) is 7.55. The van der Waals surface area contributed by atoms with Gasteiger partial charge in [-0.3, -0.25) is 0 Å². The van der Waals surface area contributed by atoms with Crippen LogP contribution in [-0.4, -0.2) is 26.4 Å². The molecule has 2 aromatic carbocycles. The Balaban J connectivity index is 1.82. The minimum atomic E-state index is -0.523. The van der Waals surface area contributed by atoms with Gasteiger partial charge in [0.25, 0.3) is 0 Å². The topological polar surface area (TPSA) is 69.4 Å². The summed E-state index contributed by atoms with van der Waals surface area (Å²) in [5.74, 6) is -0.523. The predicted molar refractivity (Wildman–Crippen MR) is 94.6 cm³/mol. The van der Waals surface area contributed by atoms with Crippen LogP contribution in [0.4, 0.5) is 0 Å². The van der Waals surface area contributed by atoms with E-state index in [9.17, 15) is 4.79 Å². The van der Waals surface area contributed by atoms with E-state index in [0.29, 0.717) is 22.8 Å². The highest BCUT2D eigenvalue weighted by Crippen LogP contribution is 2.12. The second-order valence-corrected chi connectivity index (χ2v) is 5.82. The van der Waals surface area contributed by atoms with Gasteiger partial charge in [0.15, 0.2) is 0 Å². The third kappa shape index (κ3) is 4.51. The van der Waals surface area contributed by atoms with Crippen LogP contribution in [-0.2, 0) is 11.4 Å². The number of carbonyl (C=O) groups is 1. The second-order valence-electron chi connectivity index (χ2n) is 5.38. The summed E-state index contributed by atoms with van der Waals surface area (Å²) in [7, 11) is 0. The molecule has 0 aliphatic carbocycles. The van der Waals surface area contributed by atoms with Gasteiger partial charge in [-0.25, -0.2) is 14.5 Å². The molecule has 0 aliphatic rings. The molecule has 126 valence electrons. The van der Waals surface area contributed by atoms with Crippen LogP contribution in [0.25, 0.3) is 0 Å². The van der Waals surface area contributed by atoms with Crippen LogP contribution in [0.15, 0.2) is 66.3 Å². The number of aryl methyl sites for hydroxylation is 1. The molecular weight excluding hydrogens is 340 g/mol. The number of oxime groups is 1. The van der Waals surface area contributed by atoms with Gasteiger partial charge in [-0.1, -0.05) is 46.6 Å². The minimum absolute atomic E-state index is 0.308. The first-order chi connectivity index (χ1) is 12.1. The molecule has 7 heteroatoms. The zero-order valence-electron chi connectivity index (χ0n) is 13.5. The summed E-state index contributed by atoms with van der Waals surface area (Å²) >= 11 is 5.93. The molecule has 3 rings (SSSR count). The normalized spacial score (nSPS) is 11.4. The number of hydrogen-bond acceptors (Lipinski definition) is 5. The standard InChI is InChI=1S/C18H15ClN4O2/c1-13-2-4-15(5-3-13)18(24)25-22-17(10-23-12-20-11-21-23)14-6-8-16(19)9-7-14/h2-9,11-12H,10H2,1H3. The van der Waals surface area contributed by atoms with Crippen molar-refractivity contribution in [1.82, 2.24) is 14.8 Å². The van der Waals surface area contributed by atoms with Crippen LogP contribution in [0.1, 0.15) is 21.5 Å². The van der Waals surface area contributed by atoms with Gasteiger partial charge in [0, 0.05) is 10.6 Å². The van der Waals surface area contributed by atoms with E-state index >= 15 is 0 Å². The zero-order valence-corrected chi connectivity index (χ0v) is 14.2. The van der Waals surface area contributed by atoms with Crippen molar-refractivity contribution in [2.24, 2.45) is 5.16 Å². The zero-order chi connectivity index (χ0) is 17.6. The van der Waals surface area contributed by atoms with Gasteiger partial charge in [0.2, 0.25) is 0 Å². The molecule has 0 N–H and O–H groups in total. The van der Waals surface area contributed by atoms with E-state index in [1.165, 1.54) is 6.33 Å². The fourth-order valence-corrected chi connectivity index (χ4v) is 2.25. The van der Waals surface area contributed by atoms with E-state index in [1.807, 2.05) is 19.1 Å². The number of hydrogen-bond donors (Lipinski definition) is 0. The summed E-state index contributed by atoms with van der Waals surface area (Å²) in [5.41, 5.74) is 2.80. The molecular formula is C18H15ClN4O2. The van der Waals surface area contributed by atoms with Crippen LogP contribution >= 0.6 is 11.6 Å². The lowest BCUT2D eigenvalue weighted by Crippen LogP contribution is -2.14. The first kappa shape index (κ1) is 16.9. The van der Waals surface area contributed by atoms with Crippen molar-refractivity contribution < 1.29 is 9.63 Å². The molecule has 0 amide bonds. The van der Waals surface area contributed by atoms with Crippen LogP contribution < -0.4 is 0 Å². The van der Waals surface area contributed by atoms with Gasteiger partial charge >= 0.3 is 5.97 Å². The number of rotatable bonds is 5. The highest BCUT2D eigenvalue weighted by molar-refractivity contribution is 6.30. The van der Waals surface area contributed by atoms with Crippen molar-refractivity contribution in [3.8, 4) is 0 Å². The van der Waals surface area contributed by atoms with Crippen LogP contribution in [0, 0.1) is 6.92 Å². The van der Waals surface area contributed by atoms with Crippen LogP contribution in [0.5, 0.6) is 0 Å². The molecule has 25 heavy (non-hydrogen) atoms. The molecule has 0 aliphatic heterocycles. The smallest absolute Gasteiger partial charge is 0.312 e. The molecule has 0 fully saturated rings. The quantitative estimate of drug-likeness (QED) is 0.399. The summed E-state index contributed by atoms with van der Waals surface area (Å²) in [6, 6.07) is 14.2. The van der Waals surface area contributed by atoms with Crippen molar-refractivity contribution >= 4 is 23.3 Å². The highest BCUT2D eigenvalue weighted by atomic mass is 35.5. The molecule has 0 bridgehead atoms. The Hall–Kier alpha value is -2.99. The molecule has 0 unspecified atom stereocenters. The molecule has 3 aromatic rings. The third-order valence-corrected chi connectivity index (χ3v) is 3.73.